The molecule has 0 fully saturated rings. The summed E-state index contributed by atoms with van der Waals surface area (Å²) in [6, 6.07) is 8.33. The van der Waals surface area contributed by atoms with E-state index in [0.29, 0.717) is 21.0 Å². The first-order valence-corrected chi connectivity index (χ1v) is 8.19. The summed E-state index contributed by atoms with van der Waals surface area (Å²) in [5, 5.41) is 1.68. The van der Waals surface area contributed by atoms with Crippen LogP contribution in [0.5, 0.6) is 0 Å². The fourth-order valence-electron chi connectivity index (χ4n) is 2.44. The van der Waals surface area contributed by atoms with Crippen molar-refractivity contribution in [3.8, 4) is 0 Å². The minimum atomic E-state index is -0.315. The van der Waals surface area contributed by atoms with Gasteiger partial charge in [0.15, 0.2) is 0 Å². The maximum absolute atomic E-state index is 12.2. The van der Waals surface area contributed by atoms with Crippen LogP contribution in [-0.4, -0.2) is 47.7 Å². The molecule has 2 aromatic rings. The van der Waals surface area contributed by atoms with Gasteiger partial charge in [0.1, 0.15) is 0 Å². The van der Waals surface area contributed by atoms with E-state index in [-0.39, 0.29) is 30.8 Å². The molecule has 1 aromatic carbocycles. The van der Waals surface area contributed by atoms with E-state index < -0.39 is 0 Å². The van der Waals surface area contributed by atoms with Gasteiger partial charge < -0.3 is 4.90 Å². The average molecular weight is 349 g/mol. The highest BCUT2D eigenvalue weighted by molar-refractivity contribution is 7.14. The van der Waals surface area contributed by atoms with E-state index in [2.05, 4.69) is 0 Å². The number of nitrogens with zero attached hydrogens (tertiary/aromatic N) is 2. The summed E-state index contributed by atoms with van der Waals surface area (Å²) in [6.45, 7) is 0.421. The molecule has 1 aliphatic rings. The van der Waals surface area contributed by atoms with Crippen LogP contribution in [0, 0.1) is 0 Å². The number of hydrogen-bond donors (Lipinski definition) is 0. The molecule has 23 heavy (non-hydrogen) atoms. The molecule has 0 spiro atoms. The van der Waals surface area contributed by atoms with Crippen LogP contribution in [-0.2, 0) is 0 Å². The van der Waals surface area contributed by atoms with Gasteiger partial charge in [-0.2, -0.15) is 0 Å². The number of hydrogen-bond acceptors (Lipinski definition) is 4. The second-order valence-electron chi connectivity index (χ2n) is 5.17. The van der Waals surface area contributed by atoms with E-state index in [9.17, 15) is 14.4 Å². The van der Waals surface area contributed by atoms with E-state index in [4.69, 9.17) is 11.6 Å². The van der Waals surface area contributed by atoms with Gasteiger partial charge in [0.2, 0.25) is 0 Å². The Morgan fingerprint density at radius 3 is 2.35 bits per heavy atom. The van der Waals surface area contributed by atoms with Gasteiger partial charge in [0, 0.05) is 25.5 Å². The van der Waals surface area contributed by atoms with Gasteiger partial charge >= 0.3 is 0 Å². The Bertz CT molecular complexity index is 767. The van der Waals surface area contributed by atoms with Gasteiger partial charge in [-0.3, -0.25) is 19.3 Å². The van der Waals surface area contributed by atoms with Crippen LogP contribution in [0.2, 0.25) is 4.34 Å². The maximum Gasteiger partial charge on any atom is 0.261 e. The van der Waals surface area contributed by atoms with Crippen LogP contribution in [0.4, 0.5) is 0 Å². The third-order valence-electron chi connectivity index (χ3n) is 3.70. The highest BCUT2D eigenvalue weighted by Crippen LogP contribution is 2.23. The predicted molar refractivity (Wildman–Crippen MR) is 88.1 cm³/mol. The quantitative estimate of drug-likeness (QED) is 0.798. The molecule has 3 rings (SSSR count). The molecule has 5 nitrogen and oxygen atoms in total. The van der Waals surface area contributed by atoms with Crippen molar-refractivity contribution in [3.05, 3.63) is 56.7 Å². The van der Waals surface area contributed by atoms with Crippen LogP contribution >= 0.6 is 22.9 Å². The summed E-state index contributed by atoms with van der Waals surface area (Å²) in [5.41, 5.74) is 1.33. The number of thiophene rings is 1. The van der Waals surface area contributed by atoms with Crippen molar-refractivity contribution in [3.63, 3.8) is 0 Å². The fraction of sp³-hybridized carbons (Fsp3) is 0.188. The van der Waals surface area contributed by atoms with E-state index in [0.717, 1.165) is 0 Å². The lowest BCUT2D eigenvalue weighted by molar-refractivity contribution is 0.0614. The number of benzene rings is 1. The SMILES string of the molecule is CN(CCN1C(=O)c2ccccc2C1=O)C(=O)c1csc(Cl)c1. The molecule has 1 aromatic heterocycles. The smallest absolute Gasteiger partial charge is 0.261 e. The van der Waals surface area contributed by atoms with E-state index >= 15 is 0 Å². The van der Waals surface area contributed by atoms with Crippen molar-refractivity contribution in [2.75, 3.05) is 20.1 Å². The summed E-state index contributed by atoms with van der Waals surface area (Å²) >= 11 is 7.12. The average Bonchev–Trinajstić information content (AvgIpc) is 3.08. The van der Waals surface area contributed by atoms with Crippen molar-refractivity contribution in [1.82, 2.24) is 9.80 Å². The molecular weight excluding hydrogens is 336 g/mol. The third kappa shape index (κ3) is 2.87. The first-order chi connectivity index (χ1) is 11.0. The maximum atomic E-state index is 12.2. The molecule has 0 aliphatic carbocycles. The van der Waals surface area contributed by atoms with Crippen molar-refractivity contribution in [1.29, 1.82) is 0 Å². The molecular formula is C16H13ClN2O3S. The number of fused-ring (bicyclic) bond motifs is 1. The highest BCUT2D eigenvalue weighted by atomic mass is 35.5. The van der Waals surface area contributed by atoms with Crippen LogP contribution in [0.3, 0.4) is 0 Å². The largest absolute Gasteiger partial charge is 0.340 e. The standard InChI is InChI=1S/C16H13ClN2O3S/c1-18(14(20)10-8-13(17)23-9-10)6-7-19-15(21)11-4-2-3-5-12(11)16(19)22/h2-5,8-9H,6-7H2,1H3. The first kappa shape index (κ1) is 15.7. The molecule has 0 saturated heterocycles. The third-order valence-corrected chi connectivity index (χ3v) is 4.79. The van der Waals surface area contributed by atoms with Crippen molar-refractivity contribution >= 4 is 40.7 Å². The summed E-state index contributed by atoms with van der Waals surface area (Å²) in [6.07, 6.45) is 0. The molecule has 0 radical (unpaired) electrons. The zero-order chi connectivity index (χ0) is 16.6. The minimum Gasteiger partial charge on any atom is -0.340 e. The van der Waals surface area contributed by atoms with E-state index in [1.807, 2.05) is 0 Å². The molecule has 0 atom stereocenters. The van der Waals surface area contributed by atoms with Crippen molar-refractivity contribution in [2.45, 2.75) is 0 Å². The summed E-state index contributed by atoms with van der Waals surface area (Å²) in [4.78, 5) is 39.4. The summed E-state index contributed by atoms with van der Waals surface area (Å²) in [5.74, 6) is -0.820. The van der Waals surface area contributed by atoms with Crippen LogP contribution in [0.15, 0.2) is 35.7 Å². The lowest BCUT2D eigenvalue weighted by atomic mass is 10.1. The van der Waals surface area contributed by atoms with E-state index in [1.165, 1.54) is 21.1 Å². The molecule has 0 bridgehead atoms. The van der Waals surface area contributed by atoms with Gasteiger partial charge in [-0.25, -0.2) is 0 Å². The number of halogens is 1. The Balaban J connectivity index is 1.66. The lowest BCUT2D eigenvalue weighted by Gasteiger charge is -2.20. The van der Waals surface area contributed by atoms with Gasteiger partial charge in [0.25, 0.3) is 17.7 Å². The number of carbonyl (C=O) groups excluding carboxylic acids is 3. The minimum absolute atomic E-state index is 0.159. The Labute approximate surface area is 142 Å². The molecule has 0 unspecified atom stereocenters. The Kier molecular flexibility index (Phi) is 4.19. The number of likely N-dealkylation sites (N-methyl/N-ethyl adjacent to an activating group) is 1. The van der Waals surface area contributed by atoms with Crippen molar-refractivity contribution in [2.24, 2.45) is 0 Å². The van der Waals surface area contributed by atoms with Gasteiger partial charge in [-0.05, 0) is 18.2 Å². The number of amides is 3. The normalized spacial score (nSPS) is 13.4. The fourth-order valence-corrected chi connectivity index (χ4v) is 3.29. The Hall–Kier alpha value is -2.18. The van der Waals surface area contributed by atoms with Gasteiger partial charge in [-0.15, -0.1) is 11.3 Å². The number of carbonyl (C=O) groups is 3. The molecule has 1 aliphatic heterocycles. The van der Waals surface area contributed by atoms with Gasteiger partial charge in [0.05, 0.1) is 21.0 Å². The molecule has 7 heteroatoms. The zero-order valence-electron chi connectivity index (χ0n) is 12.3. The van der Waals surface area contributed by atoms with Crippen molar-refractivity contribution < 1.29 is 14.4 Å². The summed E-state index contributed by atoms with van der Waals surface area (Å²) < 4.78 is 0.544. The highest BCUT2D eigenvalue weighted by Gasteiger charge is 2.35. The number of imide groups is 1. The first-order valence-electron chi connectivity index (χ1n) is 6.94. The predicted octanol–water partition coefficient (Wildman–Crippen LogP) is 2.77. The molecule has 3 amide bonds. The molecule has 118 valence electrons. The molecule has 2 heterocycles. The number of rotatable bonds is 4. The van der Waals surface area contributed by atoms with Crippen LogP contribution in [0.25, 0.3) is 0 Å². The molecule has 0 N–H and O–H groups in total. The topological polar surface area (TPSA) is 57.7 Å². The Morgan fingerprint density at radius 1 is 1.22 bits per heavy atom. The van der Waals surface area contributed by atoms with E-state index in [1.54, 1.807) is 42.8 Å². The molecule has 0 saturated carbocycles. The monoisotopic (exact) mass is 348 g/mol. The lowest BCUT2D eigenvalue weighted by Crippen LogP contribution is -2.39. The van der Waals surface area contributed by atoms with Crippen LogP contribution < -0.4 is 0 Å². The second-order valence-corrected chi connectivity index (χ2v) is 6.72. The van der Waals surface area contributed by atoms with Crippen LogP contribution in [0.1, 0.15) is 31.1 Å². The second kappa shape index (κ2) is 6.14. The zero-order valence-corrected chi connectivity index (χ0v) is 13.9. The summed E-state index contributed by atoms with van der Waals surface area (Å²) in [7, 11) is 1.63. The Morgan fingerprint density at radius 2 is 1.83 bits per heavy atom. The van der Waals surface area contributed by atoms with Gasteiger partial charge in [-0.1, -0.05) is 23.7 Å².